The topological polar surface area (TPSA) is 301 Å². The van der Waals surface area contributed by atoms with Crippen LogP contribution in [-0.4, -0.2) is 204 Å². The Kier molecular flexibility index (Phi) is 44.8. The SMILES string of the molecule is C1CC1.CC(Cl)CO.CC(O)CCl.CCl.COC(=O)C(=O)C(F)(F)F.COC(=O)C1(C(F)(F)F)OCC(C)O1.FC(F)=C1OC(F)(F)C(F)(C(F)(F)F)O1.O=C(OO)C1(C(F)(F)F)OC(F)(F)C(F)(C(F)(F)F)O1.O=C([O-])C1(C(F)(F)F)OC(F)(F)C(F)(C(F)(F)F)O1.[K+].[K+].[OH-]. The number of carboxylic acids is 1. The third-order valence-corrected chi connectivity index (χ3v) is 9.06. The normalized spacial score (nSPS) is 27.1. The van der Waals surface area contributed by atoms with Gasteiger partial charge in [0.15, 0.2) is 0 Å². The first-order valence-corrected chi connectivity index (χ1v) is 23.6. The molecule has 9 atom stereocenters. The Morgan fingerprint density at radius 1 is 0.583 bits per heavy atom. The van der Waals surface area contributed by atoms with E-state index in [1.165, 1.54) is 32.6 Å². The van der Waals surface area contributed by atoms with Gasteiger partial charge in [-0.05, 0) is 20.8 Å². The van der Waals surface area contributed by atoms with E-state index < -0.39 is 144 Å². The summed E-state index contributed by atoms with van der Waals surface area (Å²) in [5, 5.41) is 34.0. The van der Waals surface area contributed by atoms with Crippen LogP contribution in [0.15, 0.2) is 12.0 Å². The van der Waals surface area contributed by atoms with Crippen molar-refractivity contribution in [2.24, 2.45) is 0 Å². The Balaban J connectivity index is -0.000000196. The van der Waals surface area contributed by atoms with E-state index in [-0.39, 0.29) is 133 Å². The van der Waals surface area contributed by atoms with Crippen molar-refractivity contribution < 1.29 is 346 Å². The molecule has 0 aromatic rings. The molecule has 0 amide bonds. The van der Waals surface area contributed by atoms with Gasteiger partial charge in [0, 0.05) is 12.3 Å². The molecule has 5 aliphatic rings. The molecule has 5 rings (SSSR count). The van der Waals surface area contributed by atoms with E-state index in [0.717, 1.165) is 7.11 Å². The molecular weight excluding hydrogens is 1580 g/mol. The Hall–Kier alpha value is -1.61. The van der Waals surface area contributed by atoms with Gasteiger partial charge in [0.25, 0.3) is 0 Å². The van der Waals surface area contributed by atoms with E-state index >= 15 is 0 Å². The summed E-state index contributed by atoms with van der Waals surface area (Å²) in [7, 11) is 1.54. The number of carboxylic acid groups (broad SMARTS) is 1. The molecule has 0 aromatic carbocycles. The first-order valence-electron chi connectivity index (χ1n) is 21.9. The van der Waals surface area contributed by atoms with Crippen LogP contribution in [0.3, 0.4) is 0 Å². The summed E-state index contributed by atoms with van der Waals surface area (Å²) in [6.07, 6.45) is -58.9. The molecule has 0 aromatic heterocycles. The van der Waals surface area contributed by atoms with E-state index in [1.54, 1.807) is 13.8 Å². The van der Waals surface area contributed by atoms with E-state index in [2.05, 4.69) is 63.9 Å². The fourth-order valence-electron chi connectivity index (χ4n) is 4.17. The van der Waals surface area contributed by atoms with Crippen molar-refractivity contribution in [1.82, 2.24) is 0 Å². The molecule has 1 aliphatic carbocycles. The molecule has 4 N–H and O–H groups in total. The zero-order chi connectivity index (χ0) is 75.8. The quantitative estimate of drug-likeness (QED) is 0.0492. The third kappa shape index (κ3) is 27.5. The van der Waals surface area contributed by atoms with Crippen LogP contribution in [-0.2, 0) is 76.2 Å². The van der Waals surface area contributed by atoms with Gasteiger partial charge in [-0.1, -0.05) is 19.3 Å². The summed E-state index contributed by atoms with van der Waals surface area (Å²) in [5.41, 5.74) is 0. The average molecular weight is 1620 g/mol. The molecule has 96 heavy (non-hydrogen) atoms. The predicted octanol–water partition coefficient (Wildman–Crippen LogP) is 4.12. The van der Waals surface area contributed by atoms with Crippen molar-refractivity contribution >= 4 is 64.5 Å². The standard InChI is InChI=1S/C7H9F3O4.C6HF9O5.C6HF9O4.C5F8O2.C4H3F3O3.2C3H7ClO.C3H6.CH3Cl.2K.H2O/c1-4-3-13-6(14-4,5(11)12-2)7(8,9)10;7-3(5(11,12)13)6(14,15)20-2(19-3,1(16)18-17)4(8,9)10;7-3(5(11,12)13)6(14,15)19-2(18-3,1(16)17)4(8,9)10;6-1(7)2-14-3(8,4(9,10)11)5(12,13)15-2;1-10-3(9)2(8)4(5,6)7;1-3(4)2-5;1-3(5)2-4;1-2-3-1;1-2;;;/h4H,3H2,1-2H3;17H;(H,16,17);;1H3;2*3,5H,2H2,1H3;1-3H2;1H3;;;1H2/q;;;;;;;;;2*+1;/p-2. The Labute approximate surface area is 610 Å². The maximum Gasteiger partial charge on any atom is 1.00 e. The van der Waals surface area contributed by atoms with Crippen molar-refractivity contribution in [2.75, 3.05) is 39.7 Å². The Bertz CT molecular complexity index is 2440. The number of ketones is 1. The molecule has 4 aliphatic heterocycles. The fourth-order valence-corrected chi connectivity index (χ4v) is 4.17. The number of carbonyl (C=O) groups excluding carboxylic acids is 5. The van der Waals surface area contributed by atoms with Crippen molar-refractivity contribution in [3.8, 4) is 0 Å². The summed E-state index contributed by atoms with van der Waals surface area (Å²) in [4.78, 5) is 53.7. The van der Waals surface area contributed by atoms with Gasteiger partial charge in [-0.3, -0.25) is 28.6 Å². The zero-order valence-corrected chi connectivity index (χ0v) is 55.9. The number of esters is 2. The number of methoxy groups -OCH3 is 2. The Morgan fingerprint density at radius 3 is 1.06 bits per heavy atom. The van der Waals surface area contributed by atoms with Gasteiger partial charge >= 0.3 is 235 Å². The Morgan fingerprint density at radius 2 is 0.906 bits per heavy atom. The van der Waals surface area contributed by atoms with Gasteiger partial charge in [0.1, 0.15) is 5.97 Å². The van der Waals surface area contributed by atoms with Crippen molar-refractivity contribution in [2.45, 2.75) is 154 Å². The van der Waals surface area contributed by atoms with Crippen LogP contribution in [0.25, 0.3) is 0 Å². The molecule has 1 saturated carbocycles. The minimum Gasteiger partial charge on any atom is -0.870 e. The average Bonchev–Trinajstić information content (AvgIpc) is 1.56. The summed E-state index contributed by atoms with van der Waals surface area (Å²) in [6.45, 7) is 4.53. The van der Waals surface area contributed by atoms with E-state index in [0.29, 0.717) is 13.0 Å². The minimum atomic E-state index is -6.70. The molecule has 0 radical (unpaired) electrons. The number of carbonyl (C=O) groups is 5. The van der Waals surface area contributed by atoms with Crippen molar-refractivity contribution in [1.29, 1.82) is 0 Å². The molecular formula is C38H37Cl3F32K2O21. The van der Waals surface area contributed by atoms with E-state index in [1.807, 2.05) is 0 Å². The maximum absolute atomic E-state index is 13.1. The first kappa shape index (κ1) is 108. The number of halogens is 35. The fraction of sp³-hybridized carbons (Fsp3) is 0.816. The molecule has 4 heterocycles. The number of Topliss-reactive ketones (excluding diaryl/α,β-unsaturated/α-hetero) is 1. The van der Waals surface area contributed by atoms with Gasteiger partial charge in [-0.15, -0.1) is 34.8 Å². The molecule has 21 nitrogen and oxygen atoms in total. The molecule has 4 saturated heterocycles. The third-order valence-electron chi connectivity index (χ3n) is 8.48. The number of ether oxygens (including phenoxy) is 10. The largest absolute Gasteiger partial charge is 1.00 e. The van der Waals surface area contributed by atoms with E-state index in [9.17, 15) is 170 Å². The number of alkyl halides is 33. The number of aliphatic carboxylic acids is 1. The van der Waals surface area contributed by atoms with E-state index in [4.69, 9.17) is 38.7 Å². The number of aliphatic hydroxyl groups excluding tert-OH is 2. The van der Waals surface area contributed by atoms with Crippen LogP contribution in [0.5, 0.6) is 0 Å². The van der Waals surface area contributed by atoms with Gasteiger partial charge in [0.05, 0.1) is 45.0 Å². The maximum atomic E-state index is 13.1. The van der Waals surface area contributed by atoms with Crippen LogP contribution in [0.1, 0.15) is 40.0 Å². The second-order valence-electron chi connectivity index (χ2n) is 16.1. The molecule has 562 valence electrons. The number of hydrogen-bond acceptors (Lipinski definition) is 21. The van der Waals surface area contributed by atoms with Crippen LogP contribution in [0.4, 0.5) is 140 Å². The van der Waals surface area contributed by atoms with Crippen molar-refractivity contribution in [3.05, 3.63) is 12.0 Å². The zero-order valence-electron chi connectivity index (χ0n) is 47.4. The number of hydrogen-bond donors (Lipinski definition) is 3. The van der Waals surface area contributed by atoms with Crippen LogP contribution in [0.2, 0.25) is 0 Å². The first-order chi connectivity index (χ1) is 41.0. The number of rotatable bonds is 6. The summed E-state index contributed by atoms with van der Waals surface area (Å²) in [6, 6.07) is 0. The molecule has 0 bridgehead atoms. The van der Waals surface area contributed by atoms with Gasteiger partial charge < -0.3 is 54.0 Å². The van der Waals surface area contributed by atoms with Gasteiger partial charge in [0.2, 0.25) is 0 Å². The van der Waals surface area contributed by atoms with Crippen LogP contribution in [0, 0.1) is 0 Å². The molecule has 9 unspecified atom stereocenters. The van der Waals surface area contributed by atoms with Crippen molar-refractivity contribution in [3.63, 3.8) is 0 Å². The monoisotopic (exact) mass is 1620 g/mol. The smallest absolute Gasteiger partial charge is 0.870 e. The summed E-state index contributed by atoms with van der Waals surface area (Å²) in [5.74, 6) is -47.6. The molecule has 5 fully saturated rings. The number of aliphatic hydroxyl groups is 2. The molecule has 0 spiro atoms. The van der Waals surface area contributed by atoms with Crippen LogP contribution < -0.4 is 108 Å². The second kappa shape index (κ2) is 39.9. The van der Waals surface area contributed by atoms with Gasteiger partial charge in [-0.25, -0.2) is 14.4 Å². The predicted molar refractivity (Wildman–Crippen MR) is 224 cm³/mol. The summed E-state index contributed by atoms with van der Waals surface area (Å²) >= 11 is 14.9. The molecule has 58 heteroatoms. The second-order valence-corrected chi connectivity index (χ2v) is 17.1. The van der Waals surface area contributed by atoms with Crippen LogP contribution >= 0.6 is 34.8 Å². The summed E-state index contributed by atoms with van der Waals surface area (Å²) < 4.78 is 421. The van der Waals surface area contributed by atoms with Gasteiger partial charge in [-0.2, -0.15) is 146 Å². The minimum absolute atomic E-state index is 0.